The van der Waals surface area contributed by atoms with E-state index in [0.717, 1.165) is 0 Å². The maximum atomic E-state index is 3.31. The third-order valence-corrected chi connectivity index (χ3v) is 5.45. The zero-order chi connectivity index (χ0) is 7.82. The minimum atomic E-state index is 0.283. The van der Waals surface area contributed by atoms with Crippen molar-refractivity contribution in [2.24, 2.45) is 0 Å². The van der Waals surface area contributed by atoms with Gasteiger partial charge in [0.25, 0.3) is 0 Å². The van der Waals surface area contributed by atoms with Crippen LogP contribution in [-0.4, -0.2) is 27.4 Å². The molecular formula is C8H18PSe+. The van der Waals surface area contributed by atoms with Crippen molar-refractivity contribution in [2.75, 3.05) is 12.3 Å². The Morgan fingerprint density at radius 2 is 1.40 bits per heavy atom. The van der Waals surface area contributed by atoms with Crippen molar-refractivity contribution < 1.29 is 0 Å². The van der Waals surface area contributed by atoms with Crippen molar-refractivity contribution in [3.8, 4) is 0 Å². The summed E-state index contributed by atoms with van der Waals surface area (Å²) >= 11 is 3.31. The SMILES string of the molecule is CCCC[P+](=[Se])CCCC. The van der Waals surface area contributed by atoms with E-state index in [1.807, 2.05) is 0 Å². The molecule has 0 atom stereocenters. The predicted octanol–water partition coefficient (Wildman–Crippen LogP) is 3.15. The summed E-state index contributed by atoms with van der Waals surface area (Å²) in [5, 5.41) is 0. The summed E-state index contributed by atoms with van der Waals surface area (Å²) in [5.41, 5.74) is 0. The van der Waals surface area contributed by atoms with E-state index >= 15 is 0 Å². The Kier molecular flexibility index (Phi) is 8.57. The molecule has 2 heteroatoms. The fraction of sp³-hybridized carbons (Fsp3) is 1.00. The molecular weight excluding hydrogens is 206 g/mol. The Morgan fingerprint density at radius 3 is 1.70 bits per heavy atom. The molecule has 0 rings (SSSR count). The molecule has 0 unspecified atom stereocenters. The summed E-state index contributed by atoms with van der Waals surface area (Å²) in [4.78, 5) is 0. The van der Waals surface area contributed by atoms with Gasteiger partial charge in [-0.25, -0.2) is 0 Å². The van der Waals surface area contributed by atoms with Crippen LogP contribution in [0.4, 0.5) is 0 Å². The quantitative estimate of drug-likeness (QED) is 0.480. The van der Waals surface area contributed by atoms with Gasteiger partial charge in [0.1, 0.15) is 0 Å². The first-order valence-corrected chi connectivity index (χ1v) is 8.16. The summed E-state index contributed by atoms with van der Waals surface area (Å²) in [5.74, 6) is 0. The molecule has 0 amide bonds. The van der Waals surface area contributed by atoms with Gasteiger partial charge in [-0.1, -0.05) is 0 Å². The molecule has 0 aromatic heterocycles. The van der Waals surface area contributed by atoms with Crippen LogP contribution in [0, 0.1) is 0 Å². The number of rotatable bonds is 6. The Hall–Kier alpha value is 0.819. The summed E-state index contributed by atoms with van der Waals surface area (Å²) < 4.78 is 0. The second-order valence-electron chi connectivity index (χ2n) is 2.64. The number of hydrogen-bond donors (Lipinski definition) is 0. The van der Waals surface area contributed by atoms with Gasteiger partial charge in [-0.3, -0.25) is 0 Å². The molecule has 0 heterocycles. The van der Waals surface area contributed by atoms with Crippen LogP contribution >= 0.6 is 6.17 Å². The van der Waals surface area contributed by atoms with Gasteiger partial charge in [0.05, 0.1) is 0 Å². The molecule has 0 aliphatic heterocycles. The molecule has 0 saturated carbocycles. The molecule has 0 radical (unpaired) electrons. The van der Waals surface area contributed by atoms with Crippen LogP contribution in [0.2, 0.25) is 0 Å². The molecule has 60 valence electrons. The van der Waals surface area contributed by atoms with Crippen LogP contribution in [0.25, 0.3) is 0 Å². The third-order valence-electron chi connectivity index (χ3n) is 1.52. The molecule has 0 nitrogen and oxygen atoms in total. The van der Waals surface area contributed by atoms with Crippen LogP contribution in [0.15, 0.2) is 0 Å². The summed E-state index contributed by atoms with van der Waals surface area (Å²) in [6, 6.07) is 0. The van der Waals surface area contributed by atoms with Gasteiger partial charge in [0, 0.05) is 0 Å². The topological polar surface area (TPSA) is 0 Å². The second kappa shape index (κ2) is 7.92. The Morgan fingerprint density at radius 1 is 1.00 bits per heavy atom. The third kappa shape index (κ3) is 6.93. The summed E-state index contributed by atoms with van der Waals surface area (Å²) in [6.45, 7) is 4.53. The Bertz CT molecular complexity index is 81.3. The molecule has 0 aromatic rings. The molecule has 0 fully saturated rings. The van der Waals surface area contributed by atoms with E-state index in [1.165, 1.54) is 38.0 Å². The average molecular weight is 224 g/mol. The van der Waals surface area contributed by atoms with Crippen molar-refractivity contribution in [2.45, 2.75) is 39.5 Å². The van der Waals surface area contributed by atoms with Crippen LogP contribution in [-0.2, 0) is 0 Å². The van der Waals surface area contributed by atoms with E-state index in [0.29, 0.717) is 0 Å². The minimum absolute atomic E-state index is 0.283. The second-order valence-corrected chi connectivity index (χ2v) is 7.74. The molecule has 0 aromatic carbocycles. The van der Waals surface area contributed by atoms with Crippen LogP contribution in [0.3, 0.4) is 0 Å². The van der Waals surface area contributed by atoms with Gasteiger partial charge >= 0.3 is 73.1 Å². The van der Waals surface area contributed by atoms with Gasteiger partial charge in [-0.05, 0) is 0 Å². The van der Waals surface area contributed by atoms with E-state index in [1.54, 1.807) is 0 Å². The molecule has 0 aliphatic rings. The van der Waals surface area contributed by atoms with E-state index < -0.39 is 0 Å². The fourth-order valence-electron chi connectivity index (χ4n) is 0.781. The first kappa shape index (κ1) is 10.8. The number of hydrogen-bond acceptors (Lipinski definition) is 0. The van der Waals surface area contributed by atoms with Crippen molar-refractivity contribution in [1.29, 1.82) is 0 Å². The summed E-state index contributed by atoms with van der Waals surface area (Å²) in [6.07, 6.45) is 8.73. The zero-order valence-corrected chi connectivity index (χ0v) is 9.71. The normalized spacial score (nSPS) is 9.80. The van der Waals surface area contributed by atoms with Gasteiger partial charge in [-0.2, -0.15) is 0 Å². The Labute approximate surface area is 73.4 Å². The first-order chi connectivity index (χ1) is 4.81. The molecule has 0 aliphatic carbocycles. The summed E-state index contributed by atoms with van der Waals surface area (Å²) in [7, 11) is 0. The van der Waals surface area contributed by atoms with Crippen LogP contribution in [0.1, 0.15) is 39.5 Å². The standard InChI is InChI=1S/C8H18PSe/c1-3-5-7-9(10)8-6-4-2/h3-8H2,1-2H3/q+1. The van der Waals surface area contributed by atoms with Crippen molar-refractivity contribution >= 4 is 21.3 Å². The van der Waals surface area contributed by atoms with E-state index in [9.17, 15) is 0 Å². The van der Waals surface area contributed by atoms with Gasteiger partial charge < -0.3 is 0 Å². The monoisotopic (exact) mass is 225 g/mol. The van der Waals surface area contributed by atoms with Crippen molar-refractivity contribution in [1.82, 2.24) is 0 Å². The van der Waals surface area contributed by atoms with E-state index in [-0.39, 0.29) is 6.17 Å². The van der Waals surface area contributed by atoms with Gasteiger partial charge in [0.2, 0.25) is 0 Å². The molecule has 10 heavy (non-hydrogen) atoms. The van der Waals surface area contributed by atoms with Gasteiger partial charge in [0.15, 0.2) is 0 Å². The maximum absolute atomic E-state index is 3.31. The molecule has 0 bridgehead atoms. The van der Waals surface area contributed by atoms with E-state index in [4.69, 9.17) is 0 Å². The van der Waals surface area contributed by atoms with Gasteiger partial charge in [-0.15, -0.1) is 0 Å². The fourth-order valence-corrected chi connectivity index (χ4v) is 3.97. The Balaban J connectivity index is 3.09. The molecule has 0 saturated heterocycles. The van der Waals surface area contributed by atoms with Crippen molar-refractivity contribution in [3.63, 3.8) is 0 Å². The van der Waals surface area contributed by atoms with E-state index in [2.05, 4.69) is 28.9 Å². The van der Waals surface area contributed by atoms with Crippen molar-refractivity contribution in [3.05, 3.63) is 0 Å². The average Bonchev–Trinajstić information content (AvgIpc) is 1.97. The zero-order valence-electron chi connectivity index (χ0n) is 7.10. The molecule has 0 spiro atoms. The molecule has 0 N–H and O–H groups in total. The first-order valence-electron chi connectivity index (χ1n) is 4.23. The van der Waals surface area contributed by atoms with Crippen LogP contribution < -0.4 is 0 Å². The van der Waals surface area contributed by atoms with Crippen LogP contribution in [0.5, 0.6) is 0 Å². The predicted molar refractivity (Wildman–Crippen MR) is 52.2 cm³/mol. The number of unbranched alkanes of at least 4 members (excludes halogenated alkanes) is 2.